The Hall–Kier alpha value is -3.13. The van der Waals surface area contributed by atoms with Gasteiger partial charge < -0.3 is 14.4 Å². The molecule has 0 aromatic heterocycles. The molecule has 142 valence electrons. The zero-order chi connectivity index (χ0) is 20.0. The molecule has 0 spiro atoms. The highest BCUT2D eigenvalue weighted by Crippen LogP contribution is 2.23. The maximum Gasteiger partial charge on any atom is 0.340 e. The van der Waals surface area contributed by atoms with E-state index in [1.54, 1.807) is 26.3 Å². The average Bonchev–Trinajstić information content (AvgIpc) is 2.65. The number of halogens is 1. The number of hydrogen-bond acceptors (Lipinski definition) is 6. The zero-order valence-corrected chi connectivity index (χ0v) is 15.4. The fourth-order valence-corrected chi connectivity index (χ4v) is 2.48. The van der Waals surface area contributed by atoms with Gasteiger partial charge in [0.2, 0.25) is 0 Å². The molecule has 0 unspecified atom stereocenters. The predicted octanol–water partition coefficient (Wildman–Crippen LogP) is 3.07. The Morgan fingerprint density at radius 2 is 1.96 bits per heavy atom. The van der Waals surface area contributed by atoms with Crippen LogP contribution in [0.5, 0.6) is 5.75 Å². The van der Waals surface area contributed by atoms with Crippen molar-refractivity contribution in [1.29, 1.82) is 0 Å². The van der Waals surface area contributed by atoms with E-state index in [1.807, 2.05) is 12.1 Å². The largest absolute Gasteiger partial charge is 0.497 e. The fraction of sp³-hybridized carbons (Fsp3) is 0.222. The second-order valence-electron chi connectivity index (χ2n) is 5.60. The molecule has 27 heavy (non-hydrogen) atoms. The number of likely N-dealkylation sites (N-methyl/N-ethyl adjacent to an activating group) is 1. The van der Waals surface area contributed by atoms with Crippen molar-refractivity contribution in [3.05, 3.63) is 68.7 Å². The van der Waals surface area contributed by atoms with Crippen LogP contribution in [-0.2, 0) is 16.1 Å². The summed E-state index contributed by atoms with van der Waals surface area (Å²) in [6.07, 6.45) is 0. The number of nitrogens with zero attached hydrogens (tertiary/aromatic N) is 2. The molecular weight excluding hydrogens is 376 g/mol. The molecule has 8 nitrogen and oxygen atoms in total. The van der Waals surface area contributed by atoms with E-state index in [0.29, 0.717) is 12.3 Å². The van der Waals surface area contributed by atoms with Crippen LogP contribution in [0.1, 0.15) is 15.9 Å². The summed E-state index contributed by atoms with van der Waals surface area (Å²) >= 11 is 5.87. The molecule has 0 bridgehead atoms. The van der Waals surface area contributed by atoms with Crippen molar-refractivity contribution in [2.45, 2.75) is 6.54 Å². The highest BCUT2D eigenvalue weighted by Gasteiger charge is 2.18. The van der Waals surface area contributed by atoms with Crippen molar-refractivity contribution in [3.8, 4) is 5.75 Å². The lowest BCUT2D eigenvalue weighted by molar-refractivity contribution is -0.384. The van der Waals surface area contributed by atoms with Crippen LogP contribution in [0.2, 0.25) is 5.02 Å². The number of amides is 1. The minimum absolute atomic E-state index is 0.0504. The van der Waals surface area contributed by atoms with Crippen molar-refractivity contribution in [2.75, 3.05) is 20.8 Å². The summed E-state index contributed by atoms with van der Waals surface area (Å²) in [5.41, 5.74) is 0.561. The Morgan fingerprint density at radius 3 is 2.59 bits per heavy atom. The Labute approximate surface area is 160 Å². The molecule has 0 fully saturated rings. The number of non-ortho nitro benzene ring substituents is 1. The van der Waals surface area contributed by atoms with Gasteiger partial charge in [0, 0.05) is 25.7 Å². The molecule has 0 heterocycles. The van der Waals surface area contributed by atoms with Gasteiger partial charge >= 0.3 is 5.97 Å². The van der Waals surface area contributed by atoms with Crippen LogP contribution in [-0.4, -0.2) is 42.5 Å². The minimum atomic E-state index is -0.835. The monoisotopic (exact) mass is 392 g/mol. The van der Waals surface area contributed by atoms with E-state index in [-0.39, 0.29) is 16.3 Å². The van der Waals surface area contributed by atoms with E-state index < -0.39 is 23.4 Å². The van der Waals surface area contributed by atoms with E-state index in [4.69, 9.17) is 21.1 Å². The van der Waals surface area contributed by atoms with Crippen molar-refractivity contribution in [1.82, 2.24) is 4.90 Å². The molecule has 0 aliphatic rings. The van der Waals surface area contributed by atoms with Gasteiger partial charge in [0.1, 0.15) is 5.75 Å². The molecule has 0 atom stereocenters. The van der Waals surface area contributed by atoms with Gasteiger partial charge in [-0.2, -0.15) is 0 Å². The smallest absolute Gasteiger partial charge is 0.340 e. The van der Waals surface area contributed by atoms with Crippen LogP contribution in [0.25, 0.3) is 0 Å². The maximum absolute atomic E-state index is 12.2. The van der Waals surface area contributed by atoms with Gasteiger partial charge in [0.25, 0.3) is 11.6 Å². The molecule has 2 aromatic carbocycles. The summed E-state index contributed by atoms with van der Waals surface area (Å²) in [7, 11) is 3.13. The van der Waals surface area contributed by atoms with Crippen LogP contribution < -0.4 is 4.74 Å². The van der Waals surface area contributed by atoms with E-state index in [1.165, 1.54) is 11.0 Å². The summed E-state index contributed by atoms with van der Waals surface area (Å²) in [6.45, 7) is -0.168. The summed E-state index contributed by atoms with van der Waals surface area (Å²) < 4.78 is 10.1. The second-order valence-corrected chi connectivity index (χ2v) is 6.01. The number of hydrogen-bond donors (Lipinski definition) is 0. The lowest BCUT2D eigenvalue weighted by Gasteiger charge is -2.17. The molecule has 9 heteroatoms. The van der Waals surface area contributed by atoms with Gasteiger partial charge in [-0.25, -0.2) is 4.79 Å². The Kier molecular flexibility index (Phi) is 6.73. The number of esters is 1. The van der Waals surface area contributed by atoms with Crippen molar-refractivity contribution < 1.29 is 24.0 Å². The molecule has 0 N–H and O–H groups in total. The van der Waals surface area contributed by atoms with E-state index in [2.05, 4.69) is 0 Å². The van der Waals surface area contributed by atoms with Crippen molar-refractivity contribution in [3.63, 3.8) is 0 Å². The van der Waals surface area contributed by atoms with Crippen LogP contribution in [0.3, 0.4) is 0 Å². The summed E-state index contributed by atoms with van der Waals surface area (Å²) in [6, 6.07) is 10.6. The van der Waals surface area contributed by atoms with Crippen LogP contribution in [0.4, 0.5) is 5.69 Å². The fourth-order valence-electron chi connectivity index (χ4n) is 2.23. The predicted molar refractivity (Wildman–Crippen MR) is 97.9 cm³/mol. The van der Waals surface area contributed by atoms with E-state index in [9.17, 15) is 19.7 Å². The van der Waals surface area contributed by atoms with Crippen molar-refractivity contribution in [2.24, 2.45) is 0 Å². The second kappa shape index (κ2) is 9.00. The topological polar surface area (TPSA) is 99.0 Å². The number of methoxy groups -OCH3 is 1. The Balaban J connectivity index is 1.94. The third kappa shape index (κ3) is 5.42. The van der Waals surface area contributed by atoms with Crippen LogP contribution in [0.15, 0.2) is 42.5 Å². The maximum atomic E-state index is 12.2. The normalized spacial score (nSPS) is 10.2. The highest BCUT2D eigenvalue weighted by molar-refractivity contribution is 6.33. The first-order valence-corrected chi connectivity index (χ1v) is 8.17. The summed E-state index contributed by atoms with van der Waals surface area (Å²) in [5, 5.41) is 10.6. The third-order valence-corrected chi connectivity index (χ3v) is 4.00. The number of nitro benzene ring substituents is 1. The zero-order valence-electron chi connectivity index (χ0n) is 14.7. The van der Waals surface area contributed by atoms with Gasteiger partial charge in [-0.3, -0.25) is 14.9 Å². The molecular formula is C18H17ClN2O6. The number of rotatable bonds is 7. The third-order valence-electron chi connectivity index (χ3n) is 3.69. The lowest BCUT2D eigenvalue weighted by Crippen LogP contribution is -2.30. The van der Waals surface area contributed by atoms with Crippen LogP contribution in [0, 0.1) is 10.1 Å². The van der Waals surface area contributed by atoms with Gasteiger partial charge in [0.05, 0.1) is 22.6 Å². The summed E-state index contributed by atoms with van der Waals surface area (Å²) in [5.74, 6) is -0.574. The first kappa shape index (κ1) is 20.2. The van der Waals surface area contributed by atoms with E-state index in [0.717, 1.165) is 17.7 Å². The number of ether oxygens (including phenoxy) is 2. The minimum Gasteiger partial charge on any atom is -0.497 e. The van der Waals surface area contributed by atoms with Crippen molar-refractivity contribution >= 4 is 29.2 Å². The molecule has 2 aromatic rings. The van der Waals surface area contributed by atoms with Gasteiger partial charge in [-0.15, -0.1) is 0 Å². The average molecular weight is 393 g/mol. The molecule has 0 radical (unpaired) electrons. The number of carbonyl (C=O) groups is 2. The molecule has 1 amide bonds. The Morgan fingerprint density at radius 1 is 1.22 bits per heavy atom. The van der Waals surface area contributed by atoms with Gasteiger partial charge in [-0.1, -0.05) is 23.7 Å². The Bertz CT molecular complexity index is 871. The molecule has 0 aliphatic heterocycles. The van der Waals surface area contributed by atoms with Crippen LogP contribution >= 0.6 is 11.6 Å². The molecule has 0 saturated carbocycles. The molecule has 0 saturated heterocycles. The number of carbonyl (C=O) groups excluding carboxylic acids is 2. The van der Waals surface area contributed by atoms with Gasteiger partial charge in [0.15, 0.2) is 6.61 Å². The quantitative estimate of drug-likeness (QED) is 0.408. The van der Waals surface area contributed by atoms with E-state index >= 15 is 0 Å². The SMILES string of the molecule is COc1cccc(CN(C)C(=O)COC(=O)c2ccc([N+](=O)[O-])cc2Cl)c1. The highest BCUT2D eigenvalue weighted by atomic mass is 35.5. The number of benzene rings is 2. The lowest BCUT2D eigenvalue weighted by atomic mass is 10.2. The first-order valence-electron chi connectivity index (χ1n) is 7.79. The first-order chi connectivity index (χ1) is 12.8. The molecule has 0 aliphatic carbocycles. The molecule has 2 rings (SSSR count). The number of nitro groups is 1. The summed E-state index contributed by atoms with van der Waals surface area (Å²) in [4.78, 5) is 35.7. The van der Waals surface area contributed by atoms with Gasteiger partial charge in [-0.05, 0) is 23.8 Å². The standard InChI is InChI=1S/C18H17ClN2O6/c1-20(10-12-4-3-5-14(8-12)26-2)17(22)11-27-18(23)15-7-6-13(21(24)25)9-16(15)19/h3-9H,10-11H2,1-2H3.